The number of rotatable bonds is 4. The summed E-state index contributed by atoms with van der Waals surface area (Å²) in [5.41, 5.74) is 10.5. The number of nitrogen functional groups attached to an aromatic ring is 1. The molecule has 0 aliphatic rings. The van der Waals surface area contributed by atoms with Gasteiger partial charge in [-0.15, -0.1) is 0 Å². The Morgan fingerprint density at radius 1 is 1.50 bits per heavy atom. The fourth-order valence-corrected chi connectivity index (χ4v) is 1.24. The van der Waals surface area contributed by atoms with E-state index in [1.807, 2.05) is 14.1 Å². The minimum Gasteiger partial charge on any atom is -0.462 e. The quantitative estimate of drug-likeness (QED) is 0.458. The van der Waals surface area contributed by atoms with Crippen molar-refractivity contribution in [3.05, 3.63) is 23.8 Å². The highest BCUT2D eigenvalue weighted by Crippen LogP contribution is 2.20. The minimum absolute atomic E-state index is 0.343. The van der Waals surface area contributed by atoms with Crippen LogP contribution in [0.5, 0.6) is 0 Å². The lowest BCUT2D eigenvalue weighted by Crippen LogP contribution is -2.20. The second kappa shape index (κ2) is 5.37. The van der Waals surface area contributed by atoms with Gasteiger partial charge >= 0.3 is 5.97 Å². The highest BCUT2D eigenvalue weighted by Gasteiger charge is 2.09. The maximum atomic E-state index is 11.5. The number of ether oxygens (including phenoxy) is 1. The normalized spacial score (nSPS) is 10.2. The highest BCUT2D eigenvalue weighted by atomic mass is 16.5. The lowest BCUT2D eigenvalue weighted by Gasteiger charge is -2.16. The summed E-state index contributed by atoms with van der Waals surface area (Å²) >= 11 is 0. The molecule has 16 heavy (non-hydrogen) atoms. The van der Waals surface area contributed by atoms with E-state index in [0.29, 0.717) is 23.5 Å². The van der Waals surface area contributed by atoms with Crippen LogP contribution in [0, 0.1) is 0 Å². The first kappa shape index (κ1) is 12.3. The maximum absolute atomic E-state index is 11.5. The number of esters is 1. The molecule has 0 radical (unpaired) electrons. The summed E-state index contributed by atoms with van der Waals surface area (Å²) in [7, 11) is 3.69. The average molecular weight is 223 g/mol. The van der Waals surface area contributed by atoms with Crippen LogP contribution >= 0.6 is 0 Å². The van der Waals surface area contributed by atoms with Gasteiger partial charge in [-0.3, -0.25) is 0 Å². The summed E-state index contributed by atoms with van der Waals surface area (Å²) in [6.07, 6.45) is 0. The number of nitrogens with two attached hydrogens (primary N) is 1. The van der Waals surface area contributed by atoms with Gasteiger partial charge in [-0.1, -0.05) is 0 Å². The molecule has 3 N–H and O–H groups in total. The molecule has 0 aromatic heterocycles. The first-order chi connectivity index (χ1) is 7.54. The van der Waals surface area contributed by atoms with Crippen LogP contribution in [0.25, 0.3) is 0 Å². The molecule has 1 aromatic rings. The average Bonchev–Trinajstić information content (AvgIpc) is 2.21. The topological polar surface area (TPSA) is 67.6 Å². The molecule has 0 aliphatic carbocycles. The third-order valence-electron chi connectivity index (χ3n) is 1.91. The van der Waals surface area contributed by atoms with Crippen LogP contribution in [0.3, 0.4) is 0 Å². The van der Waals surface area contributed by atoms with Crippen molar-refractivity contribution in [2.75, 3.05) is 31.9 Å². The van der Waals surface area contributed by atoms with Crippen molar-refractivity contribution in [1.82, 2.24) is 5.01 Å². The highest BCUT2D eigenvalue weighted by molar-refractivity contribution is 5.91. The van der Waals surface area contributed by atoms with Gasteiger partial charge in [0.05, 0.1) is 23.5 Å². The number of carbonyl (C=O) groups is 1. The predicted octanol–water partition coefficient (Wildman–Crippen LogP) is 1.33. The van der Waals surface area contributed by atoms with Gasteiger partial charge in [0.15, 0.2) is 0 Å². The molecule has 5 heteroatoms. The molecule has 0 saturated heterocycles. The van der Waals surface area contributed by atoms with E-state index in [1.165, 1.54) is 0 Å². The molecule has 1 aromatic carbocycles. The standard InChI is InChI=1S/C11H17N3O2/c1-4-16-11(15)8-5-6-9(12)10(7-8)13-14(2)3/h5-7,13H,4,12H2,1-3H3. The zero-order valence-electron chi connectivity index (χ0n) is 9.78. The van der Waals surface area contributed by atoms with E-state index in [1.54, 1.807) is 30.1 Å². The largest absolute Gasteiger partial charge is 0.462 e. The van der Waals surface area contributed by atoms with Gasteiger partial charge in [0.1, 0.15) is 0 Å². The summed E-state index contributed by atoms with van der Waals surface area (Å²) in [5.74, 6) is -0.343. The Kier molecular flexibility index (Phi) is 4.13. The van der Waals surface area contributed by atoms with Gasteiger partial charge in [-0.25, -0.2) is 9.80 Å². The molecule has 1 rings (SSSR count). The number of benzene rings is 1. The van der Waals surface area contributed by atoms with Gasteiger partial charge in [-0.05, 0) is 25.1 Å². The maximum Gasteiger partial charge on any atom is 0.338 e. The number of nitrogens with one attached hydrogen (secondary N) is 1. The monoisotopic (exact) mass is 223 g/mol. The van der Waals surface area contributed by atoms with E-state index >= 15 is 0 Å². The molecule has 0 fully saturated rings. The van der Waals surface area contributed by atoms with Gasteiger partial charge in [-0.2, -0.15) is 0 Å². The number of hydrazine groups is 1. The molecule has 0 atom stereocenters. The van der Waals surface area contributed by atoms with Crippen molar-refractivity contribution in [3.8, 4) is 0 Å². The second-order valence-corrected chi connectivity index (χ2v) is 3.53. The van der Waals surface area contributed by atoms with Crippen molar-refractivity contribution in [1.29, 1.82) is 0 Å². The lowest BCUT2D eigenvalue weighted by atomic mass is 10.2. The van der Waals surface area contributed by atoms with Crippen molar-refractivity contribution in [2.24, 2.45) is 0 Å². The summed E-state index contributed by atoms with van der Waals surface area (Å²) in [6.45, 7) is 2.13. The van der Waals surface area contributed by atoms with E-state index < -0.39 is 0 Å². The number of hydrogen-bond acceptors (Lipinski definition) is 5. The van der Waals surface area contributed by atoms with Crippen molar-refractivity contribution < 1.29 is 9.53 Å². The third kappa shape index (κ3) is 3.13. The van der Waals surface area contributed by atoms with Crippen molar-refractivity contribution in [3.63, 3.8) is 0 Å². The van der Waals surface area contributed by atoms with Crippen molar-refractivity contribution >= 4 is 17.3 Å². The fraction of sp³-hybridized carbons (Fsp3) is 0.364. The molecule has 5 nitrogen and oxygen atoms in total. The predicted molar refractivity (Wildman–Crippen MR) is 64.1 cm³/mol. The second-order valence-electron chi connectivity index (χ2n) is 3.53. The molecule has 0 amide bonds. The Morgan fingerprint density at radius 3 is 2.75 bits per heavy atom. The summed E-state index contributed by atoms with van der Waals surface area (Å²) in [5, 5.41) is 1.75. The van der Waals surface area contributed by atoms with E-state index in [-0.39, 0.29) is 5.97 Å². The molecular weight excluding hydrogens is 206 g/mol. The van der Waals surface area contributed by atoms with Gasteiger partial charge in [0.2, 0.25) is 0 Å². The number of hydrogen-bond donors (Lipinski definition) is 2. The van der Waals surface area contributed by atoms with Crippen molar-refractivity contribution in [2.45, 2.75) is 6.92 Å². The summed E-state index contributed by atoms with van der Waals surface area (Å²) in [4.78, 5) is 11.5. The summed E-state index contributed by atoms with van der Waals surface area (Å²) < 4.78 is 4.91. The molecule has 0 saturated carbocycles. The van der Waals surface area contributed by atoms with Gasteiger partial charge < -0.3 is 15.9 Å². The van der Waals surface area contributed by atoms with E-state index in [4.69, 9.17) is 10.5 Å². The Bertz CT molecular complexity index is 377. The van der Waals surface area contributed by atoms with Crippen LogP contribution < -0.4 is 11.2 Å². The van der Waals surface area contributed by atoms with Crippen LogP contribution in [0.4, 0.5) is 11.4 Å². The van der Waals surface area contributed by atoms with Crippen LogP contribution in [0.2, 0.25) is 0 Å². The number of nitrogens with zero attached hydrogens (tertiary/aromatic N) is 1. The fourth-order valence-electron chi connectivity index (χ4n) is 1.24. The van der Waals surface area contributed by atoms with E-state index in [9.17, 15) is 4.79 Å². The summed E-state index contributed by atoms with van der Waals surface area (Å²) in [6, 6.07) is 5.00. The van der Waals surface area contributed by atoms with Gasteiger partial charge in [0.25, 0.3) is 0 Å². The first-order valence-corrected chi connectivity index (χ1v) is 5.05. The molecule has 0 unspecified atom stereocenters. The molecule has 88 valence electrons. The molecule has 0 aliphatic heterocycles. The van der Waals surface area contributed by atoms with Gasteiger partial charge in [0, 0.05) is 14.1 Å². The Morgan fingerprint density at radius 2 is 2.19 bits per heavy atom. The Balaban J connectivity index is 2.93. The Labute approximate surface area is 95.2 Å². The van der Waals surface area contributed by atoms with Crippen LogP contribution in [0.1, 0.15) is 17.3 Å². The van der Waals surface area contributed by atoms with Crippen LogP contribution in [-0.2, 0) is 4.74 Å². The van der Waals surface area contributed by atoms with E-state index in [2.05, 4.69) is 5.43 Å². The SMILES string of the molecule is CCOC(=O)c1ccc(N)c(NN(C)C)c1. The smallest absolute Gasteiger partial charge is 0.338 e. The zero-order valence-corrected chi connectivity index (χ0v) is 9.78. The third-order valence-corrected chi connectivity index (χ3v) is 1.91. The Hall–Kier alpha value is -1.75. The van der Waals surface area contributed by atoms with Crippen LogP contribution in [0.15, 0.2) is 18.2 Å². The van der Waals surface area contributed by atoms with Crippen LogP contribution in [-0.4, -0.2) is 31.7 Å². The molecule has 0 spiro atoms. The number of anilines is 2. The molecular formula is C11H17N3O2. The first-order valence-electron chi connectivity index (χ1n) is 5.05. The molecule has 0 bridgehead atoms. The minimum atomic E-state index is -0.343. The van der Waals surface area contributed by atoms with E-state index in [0.717, 1.165) is 0 Å². The lowest BCUT2D eigenvalue weighted by molar-refractivity contribution is 0.0526. The molecule has 0 heterocycles. The zero-order chi connectivity index (χ0) is 12.1. The number of carbonyl (C=O) groups excluding carboxylic acids is 1.